The standard InChI is InChI=1S/C17H12ClNO/c18-11-5-7-12(8-6-11)19-15-9-10-16(20)17(19)14-4-2-1-3-13(14)15/h1-10,15,17H. The lowest BCUT2D eigenvalue weighted by atomic mass is 10.0. The van der Waals surface area contributed by atoms with Gasteiger partial charge in [-0.15, -0.1) is 0 Å². The minimum Gasteiger partial charge on any atom is -0.346 e. The van der Waals surface area contributed by atoms with E-state index in [0.717, 1.165) is 11.3 Å². The molecule has 0 amide bonds. The molecule has 0 N–H and O–H groups in total. The lowest BCUT2D eigenvalue weighted by molar-refractivity contribution is -0.116. The molecule has 0 saturated carbocycles. The molecule has 0 aliphatic carbocycles. The van der Waals surface area contributed by atoms with Gasteiger partial charge >= 0.3 is 0 Å². The van der Waals surface area contributed by atoms with Gasteiger partial charge in [0.15, 0.2) is 5.78 Å². The molecule has 2 heterocycles. The lowest BCUT2D eigenvalue weighted by Crippen LogP contribution is -2.32. The maximum atomic E-state index is 12.3. The fourth-order valence-electron chi connectivity index (χ4n) is 3.18. The first-order valence-electron chi connectivity index (χ1n) is 6.60. The van der Waals surface area contributed by atoms with E-state index in [9.17, 15) is 4.79 Å². The summed E-state index contributed by atoms with van der Waals surface area (Å²) in [6.07, 6.45) is 3.70. The summed E-state index contributed by atoms with van der Waals surface area (Å²) in [6, 6.07) is 15.8. The van der Waals surface area contributed by atoms with Crippen LogP contribution in [0.1, 0.15) is 23.2 Å². The molecule has 2 atom stereocenters. The van der Waals surface area contributed by atoms with Crippen LogP contribution in [0, 0.1) is 0 Å². The number of fused-ring (bicyclic) bond motifs is 5. The second-order valence-corrected chi connectivity index (χ2v) is 5.56. The molecule has 2 bridgehead atoms. The summed E-state index contributed by atoms with van der Waals surface area (Å²) in [7, 11) is 0. The largest absolute Gasteiger partial charge is 0.346 e. The molecule has 98 valence electrons. The Hall–Kier alpha value is -2.06. The molecular weight excluding hydrogens is 270 g/mol. The minimum atomic E-state index is -0.206. The summed E-state index contributed by atoms with van der Waals surface area (Å²) in [4.78, 5) is 14.5. The smallest absolute Gasteiger partial charge is 0.182 e. The number of halogens is 1. The molecule has 2 aliphatic heterocycles. The molecule has 0 saturated heterocycles. The normalized spacial score (nSPS) is 23.1. The molecule has 2 nitrogen and oxygen atoms in total. The van der Waals surface area contributed by atoms with Gasteiger partial charge in [0.2, 0.25) is 0 Å². The third kappa shape index (κ3) is 1.55. The number of rotatable bonds is 1. The van der Waals surface area contributed by atoms with Gasteiger partial charge in [0.1, 0.15) is 6.04 Å². The summed E-state index contributed by atoms with van der Waals surface area (Å²) in [5.41, 5.74) is 3.36. The molecule has 2 aliphatic rings. The van der Waals surface area contributed by atoms with Crippen molar-refractivity contribution in [2.24, 2.45) is 0 Å². The molecule has 0 spiro atoms. The Kier molecular flexibility index (Phi) is 2.48. The van der Waals surface area contributed by atoms with E-state index in [1.165, 1.54) is 5.56 Å². The number of anilines is 1. The van der Waals surface area contributed by atoms with Gasteiger partial charge in [-0.2, -0.15) is 0 Å². The van der Waals surface area contributed by atoms with Crippen molar-refractivity contribution in [3.05, 3.63) is 76.8 Å². The third-order valence-electron chi connectivity index (χ3n) is 4.02. The van der Waals surface area contributed by atoms with Gasteiger partial charge in [-0.25, -0.2) is 0 Å². The molecule has 0 fully saturated rings. The number of nitrogens with zero attached hydrogens (tertiary/aromatic N) is 1. The van der Waals surface area contributed by atoms with Gasteiger partial charge in [0.25, 0.3) is 0 Å². The van der Waals surface area contributed by atoms with Gasteiger partial charge in [0, 0.05) is 10.7 Å². The van der Waals surface area contributed by atoms with E-state index in [0.29, 0.717) is 5.02 Å². The Morgan fingerprint density at radius 3 is 2.40 bits per heavy atom. The highest BCUT2D eigenvalue weighted by atomic mass is 35.5. The highest BCUT2D eigenvalue weighted by Gasteiger charge is 2.42. The van der Waals surface area contributed by atoms with Crippen molar-refractivity contribution in [1.82, 2.24) is 0 Å². The van der Waals surface area contributed by atoms with E-state index in [4.69, 9.17) is 11.6 Å². The van der Waals surface area contributed by atoms with Gasteiger partial charge < -0.3 is 4.90 Å². The number of hydrogen-bond acceptors (Lipinski definition) is 2. The quantitative estimate of drug-likeness (QED) is 0.785. The van der Waals surface area contributed by atoms with Crippen molar-refractivity contribution >= 4 is 23.1 Å². The van der Waals surface area contributed by atoms with Gasteiger partial charge in [-0.05, 0) is 41.5 Å². The van der Waals surface area contributed by atoms with E-state index >= 15 is 0 Å². The Balaban J connectivity index is 1.89. The first-order chi connectivity index (χ1) is 9.75. The Morgan fingerprint density at radius 1 is 0.950 bits per heavy atom. The average Bonchev–Trinajstić information content (AvgIpc) is 2.73. The van der Waals surface area contributed by atoms with Crippen LogP contribution in [0.3, 0.4) is 0 Å². The second kappa shape index (κ2) is 4.22. The Labute approximate surface area is 122 Å². The van der Waals surface area contributed by atoms with E-state index in [1.807, 2.05) is 48.5 Å². The summed E-state index contributed by atoms with van der Waals surface area (Å²) in [5.74, 6) is 0.140. The van der Waals surface area contributed by atoms with Crippen LogP contribution >= 0.6 is 11.6 Å². The number of carbonyl (C=O) groups excluding carboxylic acids is 1. The summed E-state index contributed by atoms with van der Waals surface area (Å²) >= 11 is 5.96. The summed E-state index contributed by atoms with van der Waals surface area (Å²) < 4.78 is 0. The van der Waals surface area contributed by atoms with Crippen LogP contribution in [0.5, 0.6) is 0 Å². The highest BCUT2D eigenvalue weighted by Crippen LogP contribution is 2.48. The molecule has 3 heteroatoms. The summed E-state index contributed by atoms with van der Waals surface area (Å²) in [6.45, 7) is 0. The van der Waals surface area contributed by atoms with E-state index in [-0.39, 0.29) is 17.9 Å². The van der Waals surface area contributed by atoms with Gasteiger partial charge in [-0.3, -0.25) is 4.79 Å². The number of hydrogen-bond donors (Lipinski definition) is 0. The summed E-state index contributed by atoms with van der Waals surface area (Å²) in [5, 5.41) is 0.706. The number of benzene rings is 2. The zero-order valence-corrected chi connectivity index (χ0v) is 11.4. The zero-order valence-electron chi connectivity index (χ0n) is 10.7. The first kappa shape index (κ1) is 11.7. The lowest BCUT2D eigenvalue weighted by Gasteiger charge is -2.33. The molecule has 4 rings (SSSR count). The van der Waals surface area contributed by atoms with E-state index in [2.05, 4.69) is 11.0 Å². The van der Waals surface area contributed by atoms with Crippen molar-refractivity contribution in [3.63, 3.8) is 0 Å². The molecule has 2 unspecified atom stereocenters. The van der Waals surface area contributed by atoms with Crippen molar-refractivity contribution in [3.8, 4) is 0 Å². The average molecular weight is 282 g/mol. The van der Waals surface area contributed by atoms with Crippen molar-refractivity contribution in [1.29, 1.82) is 0 Å². The van der Waals surface area contributed by atoms with Crippen LogP contribution < -0.4 is 4.90 Å². The van der Waals surface area contributed by atoms with Crippen LogP contribution in [-0.2, 0) is 4.79 Å². The predicted molar refractivity (Wildman–Crippen MR) is 80.0 cm³/mol. The molecule has 0 radical (unpaired) electrons. The highest BCUT2D eigenvalue weighted by molar-refractivity contribution is 6.30. The van der Waals surface area contributed by atoms with Crippen molar-refractivity contribution in [2.45, 2.75) is 12.1 Å². The maximum absolute atomic E-state index is 12.3. The van der Waals surface area contributed by atoms with E-state index < -0.39 is 0 Å². The Morgan fingerprint density at radius 2 is 1.65 bits per heavy atom. The van der Waals surface area contributed by atoms with Crippen LogP contribution in [0.25, 0.3) is 0 Å². The number of ketones is 1. The minimum absolute atomic E-state index is 0.134. The van der Waals surface area contributed by atoms with Crippen LogP contribution in [0.4, 0.5) is 5.69 Å². The van der Waals surface area contributed by atoms with Gasteiger partial charge in [-0.1, -0.05) is 41.9 Å². The van der Waals surface area contributed by atoms with Crippen LogP contribution in [0.2, 0.25) is 5.02 Å². The molecule has 20 heavy (non-hydrogen) atoms. The molecule has 2 aromatic carbocycles. The third-order valence-corrected chi connectivity index (χ3v) is 4.28. The fourth-order valence-corrected chi connectivity index (χ4v) is 3.30. The topological polar surface area (TPSA) is 20.3 Å². The Bertz CT molecular complexity index is 720. The second-order valence-electron chi connectivity index (χ2n) is 5.12. The van der Waals surface area contributed by atoms with Crippen LogP contribution in [-0.4, -0.2) is 5.78 Å². The molecule has 0 aromatic heterocycles. The van der Waals surface area contributed by atoms with Crippen molar-refractivity contribution in [2.75, 3.05) is 4.90 Å². The van der Waals surface area contributed by atoms with Gasteiger partial charge in [0.05, 0.1) is 6.04 Å². The van der Waals surface area contributed by atoms with Crippen molar-refractivity contribution < 1.29 is 4.79 Å². The SMILES string of the molecule is O=C1C=CC2c3ccccc3C1N2c1ccc(Cl)cc1. The zero-order chi connectivity index (χ0) is 13.7. The van der Waals surface area contributed by atoms with E-state index in [1.54, 1.807) is 6.08 Å². The number of carbonyl (C=O) groups is 1. The maximum Gasteiger partial charge on any atom is 0.182 e. The predicted octanol–water partition coefficient (Wildman–Crippen LogP) is 4.08. The monoisotopic (exact) mass is 281 g/mol. The molecule has 2 aromatic rings. The fraction of sp³-hybridized carbons (Fsp3) is 0.118. The first-order valence-corrected chi connectivity index (χ1v) is 6.98. The molecular formula is C17H12ClNO. The van der Waals surface area contributed by atoms with Crippen LogP contribution in [0.15, 0.2) is 60.7 Å².